The summed E-state index contributed by atoms with van der Waals surface area (Å²) in [4.78, 5) is 23.0. The molecule has 7 heteroatoms. The molecule has 3 N–H and O–H groups in total. The lowest BCUT2D eigenvalue weighted by Gasteiger charge is -2.15. The van der Waals surface area contributed by atoms with Gasteiger partial charge in [-0.1, -0.05) is 19.8 Å². The van der Waals surface area contributed by atoms with Crippen LogP contribution in [0.15, 0.2) is 22.7 Å². The molecule has 0 aliphatic heterocycles. The van der Waals surface area contributed by atoms with E-state index < -0.39 is 18.0 Å². The lowest BCUT2D eigenvalue weighted by atomic mass is 10.1. The van der Waals surface area contributed by atoms with E-state index in [-0.39, 0.29) is 0 Å². The highest BCUT2D eigenvalue weighted by atomic mass is 79.9. The van der Waals surface area contributed by atoms with E-state index in [1.54, 1.807) is 18.2 Å². The van der Waals surface area contributed by atoms with Gasteiger partial charge in [0, 0.05) is 10.5 Å². The van der Waals surface area contributed by atoms with Crippen LogP contribution < -0.4 is 15.4 Å². The number of rotatable bonds is 7. The van der Waals surface area contributed by atoms with Gasteiger partial charge in [0.05, 0.1) is 12.8 Å². The van der Waals surface area contributed by atoms with Crippen LogP contribution in [0.4, 0.5) is 10.5 Å². The zero-order valence-electron chi connectivity index (χ0n) is 12.0. The maximum Gasteiger partial charge on any atom is 0.326 e. The minimum atomic E-state index is -1.04. The fraction of sp³-hybridized carbons (Fsp3) is 0.429. The van der Waals surface area contributed by atoms with E-state index in [1.165, 1.54) is 7.11 Å². The number of nitrogens with one attached hydrogen (secondary N) is 2. The molecule has 116 valence electrons. The van der Waals surface area contributed by atoms with Gasteiger partial charge in [0.1, 0.15) is 11.8 Å². The lowest BCUT2D eigenvalue weighted by molar-refractivity contribution is -0.139. The zero-order chi connectivity index (χ0) is 15.8. The first-order valence-corrected chi connectivity index (χ1v) is 7.41. The van der Waals surface area contributed by atoms with Crippen LogP contribution in [0.2, 0.25) is 0 Å². The highest BCUT2D eigenvalue weighted by Gasteiger charge is 2.19. The van der Waals surface area contributed by atoms with Gasteiger partial charge in [-0.25, -0.2) is 9.59 Å². The molecule has 0 fully saturated rings. The predicted octanol–water partition coefficient (Wildman–Crippen LogP) is 3.22. The van der Waals surface area contributed by atoms with Gasteiger partial charge in [-0.05, 0) is 34.5 Å². The Bertz CT molecular complexity index is 508. The van der Waals surface area contributed by atoms with Gasteiger partial charge in [-0.15, -0.1) is 0 Å². The van der Waals surface area contributed by atoms with Crippen LogP contribution >= 0.6 is 15.9 Å². The number of carbonyl (C=O) groups is 2. The van der Waals surface area contributed by atoms with E-state index in [1.807, 2.05) is 6.92 Å². The van der Waals surface area contributed by atoms with Gasteiger partial charge in [0.2, 0.25) is 0 Å². The molecule has 0 aromatic heterocycles. The van der Waals surface area contributed by atoms with E-state index in [0.29, 0.717) is 22.3 Å². The van der Waals surface area contributed by atoms with E-state index in [9.17, 15) is 9.59 Å². The fourth-order valence-electron chi connectivity index (χ4n) is 1.71. The minimum absolute atomic E-state index is 0.401. The van der Waals surface area contributed by atoms with Crippen molar-refractivity contribution in [3.63, 3.8) is 0 Å². The third kappa shape index (κ3) is 5.63. The zero-order valence-corrected chi connectivity index (χ0v) is 13.6. The number of ether oxygens (including phenoxy) is 1. The van der Waals surface area contributed by atoms with Crippen molar-refractivity contribution in [1.82, 2.24) is 5.32 Å². The number of carboxylic acids is 1. The van der Waals surface area contributed by atoms with Crippen molar-refractivity contribution in [2.24, 2.45) is 0 Å². The summed E-state index contributed by atoms with van der Waals surface area (Å²) in [6.45, 7) is 1.96. The molecule has 0 spiro atoms. The molecular weight excluding hydrogens is 340 g/mol. The first kappa shape index (κ1) is 17.3. The standard InChI is InChI=1S/C14H19BrN2O4/c1-3-4-5-11(13(18)19)16-14(20)17-12-8-9(21-2)6-7-10(12)15/h6-8,11H,3-5H2,1-2H3,(H,18,19)(H2,16,17,20)/t11-/m0/s1. The summed E-state index contributed by atoms with van der Waals surface area (Å²) in [5.74, 6) is -0.447. The Morgan fingerprint density at radius 3 is 2.71 bits per heavy atom. The summed E-state index contributed by atoms with van der Waals surface area (Å²) in [6.07, 6.45) is 2.01. The molecule has 0 saturated heterocycles. The number of anilines is 1. The van der Waals surface area contributed by atoms with Gasteiger partial charge in [-0.2, -0.15) is 0 Å². The van der Waals surface area contributed by atoms with Gasteiger partial charge in [-0.3, -0.25) is 0 Å². The van der Waals surface area contributed by atoms with Crippen molar-refractivity contribution in [3.8, 4) is 5.75 Å². The normalized spacial score (nSPS) is 11.6. The Hall–Kier alpha value is -1.76. The van der Waals surface area contributed by atoms with Gasteiger partial charge >= 0.3 is 12.0 Å². The van der Waals surface area contributed by atoms with Crippen molar-refractivity contribution >= 4 is 33.6 Å². The quantitative estimate of drug-likeness (QED) is 0.698. The van der Waals surface area contributed by atoms with Crippen LogP contribution in [0.1, 0.15) is 26.2 Å². The molecule has 1 aromatic rings. The molecule has 0 radical (unpaired) electrons. The molecule has 0 unspecified atom stereocenters. The molecule has 1 atom stereocenters. The highest BCUT2D eigenvalue weighted by molar-refractivity contribution is 9.10. The number of benzene rings is 1. The summed E-state index contributed by atoms with van der Waals surface area (Å²) in [5, 5.41) is 14.1. The monoisotopic (exact) mass is 358 g/mol. The number of methoxy groups -OCH3 is 1. The van der Waals surface area contributed by atoms with E-state index in [0.717, 1.165) is 12.8 Å². The SMILES string of the molecule is CCCC[C@H](NC(=O)Nc1cc(OC)ccc1Br)C(=O)O. The van der Waals surface area contributed by atoms with Crippen molar-refractivity contribution in [3.05, 3.63) is 22.7 Å². The molecule has 2 amide bonds. The number of carbonyl (C=O) groups excluding carboxylic acids is 1. The maximum absolute atomic E-state index is 11.9. The third-order valence-corrected chi connectivity index (χ3v) is 3.56. The molecule has 1 rings (SSSR count). The molecule has 21 heavy (non-hydrogen) atoms. The van der Waals surface area contributed by atoms with Crippen LogP contribution in [-0.4, -0.2) is 30.3 Å². The van der Waals surface area contributed by atoms with Crippen LogP contribution in [0.25, 0.3) is 0 Å². The molecule has 0 saturated carbocycles. The summed E-state index contributed by atoms with van der Waals surface area (Å²) in [6, 6.07) is 3.67. The number of urea groups is 1. The summed E-state index contributed by atoms with van der Waals surface area (Å²) in [7, 11) is 1.53. The molecule has 0 aliphatic carbocycles. The number of hydrogen-bond donors (Lipinski definition) is 3. The predicted molar refractivity (Wildman–Crippen MR) is 83.8 cm³/mol. The summed E-state index contributed by atoms with van der Waals surface area (Å²) in [5.41, 5.74) is 0.506. The van der Waals surface area contributed by atoms with Crippen molar-refractivity contribution in [1.29, 1.82) is 0 Å². The Kier molecular flexibility index (Phi) is 7.01. The summed E-state index contributed by atoms with van der Waals surface area (Å²) < 4.78 is 5.76. The Labute approximate surface area is 132 Å². The Morgan fingerprint density at radius 1 is 1.43 bits per heavy atom. The lowest BCUT2D eigenvalue weighted by Crippen LogP contribution is -2.43. The molecule has 1 aromatic carbocycles. The van der Waals surface area contributed by atoms with Crippen LogP contribution in [0.5, 0.6) is 5.75 Å². The van der Waals surface area contributed by atoms with E-state index >= 15 is 0 Å². The van der Waals surface area contributed by atoms with E-state index in [4.69, 9.17) is 9.84 Å². The topological polar surface area (TPSA) is 87.7 Å². The maximum atomic E-state index is 11.9. The van der Waals surface area contributed by atoms with Gasteiger partial charge in [0.25, 0.3) is 0 Å². The second kappa shape index (κ2) is 8.51. The van der Waals surface area contributed by atoms with Crippen LogP contribution in [0, 0.1) is 0 Å². The van der Waals surface area contributed by atoms with Gasteiger partial charge < -0.3 is 20.5 Å². The smallest absolute Gasteiger partial charge is 0.326 e. The first-order chi connectivity index (χ1) is 9.97. The molecule has 0 bridgehead atoms. The number of carboxylic acid groups (broad SMARTS) is 1. The number of unbranched alkanes of at least 4 members (excludes halogenated alkanes) is 1. The highest BCUT2D eigenvalue weighted by Crippen LogP contribution is 2.27. The molecule has 6 nitrogen and oxygen atoms in total. The second-order valence-corrected chi connectivity index (χ2v) is 5.33. The molecule has 0 aliphatic rings. The van der Waals surface area contributed by atoms with Crippen molar-refractivity contribution < 1.29 is 19.4 Å². The van der Waals surface area contributed by atoms with E-state index in [2.05, 4.69) is 26.6 Å². The average molecular weight is 359 g/mol. The average Bonchev–Trinajstić information content (AvgIpc) is 2.45. The fourth-order valence-corrected chi connectivity index (χ4v) is 2.06. The van der Waals surface area contributed by atoms with Gasteiger partial charge in [0.15, 0.2) is 0 Å². The second-order valence-electron chi connectivity index (χ2n) is 4.48. The van der Waals surface area contributed by atoms with Crippen LogP contribution in [-0.2, 0) is 4.79 Å². The molecule has 0 heterocycles. The molecular formula is C14H19BrN2O4. The number of aliphatic carboxylic acids is 1. The minimum Gasteiger partial charge on any atom is -0.497 e. The van der Waals surface area contributed by atoms with Crippen LogP contribution in [0.3, 0.4) is 0 Å². The number of amides is 2. The summed E-state index contributed by atoms with van der Waals surface area (Å²) >= 11 is 3.31. The number of halogens is 1. The Balaban J connectivity index is 2.69. The number of hydrogen-bond acceptors (Lipinski definition) is 3. The largest absolute Gasteiger partial charge is 0.497 e. The first-order valence-electron chi connectivity index (χ1n) is 6.61. The van der Waals surface area contributed by atoms with Crippen molar-refractivity contribution in [2.75, 3.05) is 12.4 Å². The van der Waals surface area contributed by atoms with Crippen molar-refractivity contribution in [2.45, 2.75) is 32.2 Å². The third-order valence-electron chi connectivity index (χ3n) is 2.87. The Morgan fingerprint density at radius 2 is 2.14 bits per heavy atom.